The van der Waals surface area contributed by atoms with Crippen molar-refractivity contribution in [1.29, 1.82) is 0 Å². The summed E-state index contributed by atoms with van der Waals surface area (Å²) in [6, 6.07) is 14.4. The number of carbonyl (C=O) groups is 1. The minimum Gasteiger partial charge on any atom is -0.452 e. The maximum atomic E-state index is 12.2. The van der Waals surface area contributed by atoms with E-state index in [1.165, 1.54) is 18.2 Å². The van der Waals surface area contributed by atoms with Crippen molar-refractivity contribution >= 4 is 5.97 Å². The molecule has 0 fully saturated rings. The van der Waals surface area contributed by atoms with Gasteiger partial charge in [-0.1, -0.05) is 24.3 Å². The number of carbonyl (C=O) groups excluding carboxylic acids is 1. The molecule has 0 atom stereocenters. The Morgan fingerprint density at radius 1 is 1.08 bits per heavy atom. The number of halogens is 2. The third-order valence-electron chi connectivity index (χ3n) is 3.11. The number of rotatable bonds is 6. The smallest absolute Gasteiger partial charge is 0.387 e. The Bertz CT molecular complexity index is 853. The first-order valence-corrected chi connectivity index (χ1v) is 7.21. The van der Waals surface area contributed by atoms with Crippen LogP contribution in [-0.2, 0) is 11.3 Å². The van der Waals surface area contributed by atoms with Crippen LogP contribution in [0.1, 0.15) is 16.2 Å². The third-order valence-corrected chi connectivity index (χ3v) is 3.11. The average Bonchev–Trinajstić information content (AvgIpc) is 3.09. The molecule has 0 amide bonds. The van der Waals surface area contributed by atoms with Crippen molar-refractivity contribution in [3.63, 3.8) is 0 Å². The second kappa shape index (κ2) is 7.52. The lowest BCUT2D eigenvalue weighted by Crippen LogP contribution is -2.07. The van der Waals surface area contributed by atoms with Gasteiger partial charge in [0.25, 0.3) is 5.89 Å². The number of benzene rings is 2. The minimum absolute atomic E-state index is 0.0703. The van der Waals surface area contributed by atoms with Gasteiger partial charge in [0.2, 0.25) is 5.89 Å². The maximum absolute atomic E-state index is 12.2. The highest BCUT2D eigenvalue weighted by Gasteiger charge is 2.13. The van der Waals surface area contributed by atoms with E-state index >= 15 is 0 Å². The first-order valence-electron chi connectivity index (χ1n) is 7.21. The predicted molar refractivity (Wildman–Crippen MR) is 81.9 cm³/mol. The lowest BCUT2D eigenvalue weighted by atomic mass is 10.2. The molecule has 3 rings (SSSR count). The molecule has 0 aliphatic carbocycles. The monoisotopic (exact) mass is 346 g/mol. The molecule has 3 aromatic rings. The van der Waals surface area contributed by atoms with Gasteiger partial charge in [-0.2, -0.15) is 8.78 Å². The molecular weight excluding hydrogens is 334 g/mol. The molecule has 0 radical (unpaired) electrons. The van der Waals surface area contributed by atoms with Crippen molar-refractivity contribution < 1.29 is 27.5 Å². The van der Waals surface area contributed by atoms with Crippen LogP contribution in [-0.4, -0.2) is 22.8 Å². The summed E-state index contributed by atoms with van der Waals surface area (Å²) in [5.41, 5.74) is 0.811. The van der Waals surface area contributed by atoms with E-state index < -0.39 is 12.6 Å². The molecule has 1 heterocycles. The van der Waals surface area contributed by atoms with Crippen molar-refractivity contribution in [3.05, 3.63) is 66.1 Å². The minimum atomic E-state index is -2.97. The molecule has 25 heavy (non-hydrogen) atoms. The second-order valence-electron chi connectivity index (χ2n) is 4.85. The quantitative estimate of drug-likeness (QED) is 0.634. The van der Waals surface area contributed by atoms with E-state index in [1.807, 2.05) is 18.2 Å². The van der Waals surface area contributed by atoms with Gasteiger partial charge in [-0.05, 0) is 30.3 Å². The molecule has 0 saturated carbocycles. The van der Waals surface area contributed by atoms with Crippen molar-refractivity contribution in [1.82, 2.24) is 10.2 Å². The molecule has 0 saturated heterocycles. The summed E-state index contributed by atoms with van der Waals surface area (Å²) in [7, 11) is 0. The Hall–Kier alpha value is -3.29. The third kappa shape index (κ3) is 4.37. The number of nitrogens with zero attached hydrogens (tertiary/aromatic N) is 2. The second-order valence-corrected chi connectivity index (χ2v) is 4.85. The van der Waals surface area contributed by atoms with Crippen LogP contribution in [0.3, 0.4) is 0 Å². The van der Waals surface area contributed by atoms with E-state index in [9.17, 15) is 13.6 Å². The lowest BCUT2D eigenvalue weighted by molar-refractivity contribution is -0.0499. The van der Waals surface area contributed by atoms with Crippen molar-refractivity contribution in [2.75, 3.05) is 0 Å². The normalized spacial score (nSPS) is 10.7. The fraction of sp³-hybridized carbons (Fsp3) is 0.118. The number of ether oxygens (including phenoxy) is 2. The van der Waals surface area contributed by atoms with E-state index in [1.54, 1.807) is 12.1 Å². The fourth-order valence-corrected chi connectivity index (χ4v) is 2.02. The van der Waals surface area contributed by atoms with Crippen LogP contribution in [0.5, 0.6) is 5.75 Å². The van der Waals surface area contributed by atoms with Crippen LogP contribution < -0.4 is 4.74 Å². The molecule has 0 aliphatic heterocycles. The predicted octanol–water partition coefficient (Wildman–Crippen LogP) is 3.70. The van der Waals surface area contributed by atoms with E-state index in [2.05, 4.69) is 14.9 Å². The number of aromatic nitrogens is 2. The van der Waals surface area contributed by atoms with Crippen LogP contribution in [0, 0.1) is 0 Å². The Morgan fingerprint density at radius 3 is 2.64 bits per heavy atom. The van der Waals surface area contributed by atoms with Gasteiger partial charge in [0.05, 0.1) is 5.56 Å². The summed E-state index contributed by atoms with van der Waals surface area (Å²) < 4.78 is 39.1. The van der Waals surface area contributed by atoms with Crippen LogP contribution in [0.2, 0.25) is 0 Å². The summed E-state index contributed by atoms with van der Waals surface area (Å²) in [5, 5.41) is 7.67. The van der Waals surface area contributed by atoms with E-state index in [4.69, 9.17) is 9.15 Å². The molecule has 0 N–H and O–H groups in total. The molecule has 0 spiro atoms. The van der Waals surface area contributed by atoms with Gasteiger partial charge in [-0.15, -0.1) is 10.2 Å². The zero-order valence-corrected chi connectivity index (χ0v) is 12.8. The molecule has 0 unspecified atom stereocenters. The Morgan fingerprint density at radius 2 is 1.88 bits per heavy atom. The zero-order valence-electron chi connectivity index (χ0n) is 12.8. The molecule has 2 aromatic carbocycles. The first-order chi connectivity index (χ1) is 12.1. The number of hydrogen-bond donors (Lipinski definition) is 0. The summed E-state index contributed by atoms with van der Waals surface area (Å²) in [4.78, 5) is 12.0. The molecule has 8 heteroatoms. The lowest BCUT2D eigenvalue weighted by Gasteiger charge is -2.06. The number of alkyl halides is 2. The summed E-state index contributed by atoms with van der Waals surface area (Å²) >= 11 is 0. The number of esters is 1. The van der Waals surface area contributed by atoms with Crippen LogP contribution in [0.4, 0.5) is 8.78 Å². The van der Waals surface area contributed by atoms with Gasteiger partial charge in [-0.25, -0.2) is 4.79 Å². The standard InChI is InChI=1S/C17H12F2N2O4/c18-17(19)24-13-8-4-7-12(9-13)16(22)23-10-14-20-21-15(25-14)11-5-2-1-3-6-11/h1-9,17H,10H2. The molecular formula is C17H12F2N2O4. The van der Waals surface area contributed by atoms with Gasteiger partial charge in [0, 0.05) is 5.56 Å². The molecule has 128 valence electrons. The van der Waals surface area contributed by atoms with Gasteiger partial charge < -0.3 is 13.9 Å². The van der Waals surface area contributed by atoms with Gasteiger partial charge in [0.1, 0.15) is 5.75 Å². The van der Waals surface area contributed by atoms with E-state index in [-0.39, 0.29) is 23.8 Å². The highest BCUT2D eigenvalue weighted by atomic mass is 19.3. The van der Waals surface area contributed by atoms with Crippen LogP contribution in [0.15, 0.2) is 59.0 Å². The highest BCUT2D eigenvalue weighted by Crippen LogP contribution is 2.19. The maximum Gasteiger partial charge on any atom is 0.387 e. The topological polar surface area (TPSA) is 74.5 Å². The van der Waals surface area contributed by atoms with Crippen molar-refractivity contribution in [2.45, 2.75) is 13.2 Å². The van der Waals surface area contributed by atoms with Crippen molar-refractivity contribution in [3.8, 4) is 17.2 Å². The van der Waals surface area contributed by atoms with Crippen LogP contribution >= 0.6 is 0 Å². The molecule has 0 bridgehead atoms. The average molecular weight is 346 g/mol. The fourth-order valence-electron chi connectivity index (χ4n) is 2.02. The molecule has 6 nitrogen and oxygen atoms in total. The Kier molecular flexibility index (Phi) is 4.98. The summed E-state index contributed by atoms with van der Waals surface area (Å²) in [5.74, 6) is -0.432. The Labute approximate surface area is 141 Å². The first kappa shape index (κ1) is 16.6. The highest BCUT2D eigenvalue weighted by molar-refractivity contribution is 5.89. The van der Waals surface area contributed by atoms with Gasteiger partial charge >= 0.3 is 12.6 Å². The molecule has 1 aromatic heterocycles. The number of hydrogen-bond acceptors (Lipinski definition) is 6. The van der Waals surface area contributed by atoms with Crippen LogP contribution in [0.25, 0.3) is 11.5 Å². The Balaban J connectivity index is 1.62. The summed E-state index contributed by atoms with van der Waals surface area (Å²) in [6.45, 7) is -3.21. The van der Waals surface area contributed by atoms with E-state index in [0.717, 1.165) is 11.6 Å². The largest absolute Gasteiger partial charge is 0.452 e. The zero-order chi connectivity index (χ0) is 17.6. The van der Waals surface area contributed by atoms with Crippen molar-refractivity contribution in [2.24, 2.45) is 0 Å². The van der Waals surface area contributed by atoms with Gasteiger partial charge in [0.15, 0.2) is 6.61 Å². The van der Waals surface area contributed by atoms with E-state index in [0.29, 0.717) is 5.89 Å². The van der Waals surface area contributed by atoms with Gasteiger partial charge in [-0.3, -0.25) is 0 Å². The molecule has 0 aliphatic rings. The summed E-state index contributed by atoms with van der Waals surface area (Å²) in [6.07, 6.45) is 0. The SMILES string of the molecule is O=C(OCc1nnc(-c2ccccc2)o1)c1cccc(OC(F)F)c1.